The van der Waals surface area contributed by atoms with Crippen LogP contribution in [0.2, 0.25) is 0 Å². The fraction of sp³-hybridized carbons (Fsp3) is 0.125. The van der Waals surface area contributed by atoms with Gasteiger partial charge >= 0.3 is 0 Å². The highest BCUT2D eigenvalue weighted by Crippen LogP contribution is 2.22. The van der Waals surface area contributed by atoms with Crippen molar-refractivity contribution < 1.29 is 0 Å². The summed E-state index contributed by atoms with van der Waals surface area (Å²) in [6, 6.07) is 5.82. The number of halogens is 2. The quantitative estimate of drug-likeness (QED) is 0.630. The van der Waals surface area contributed by atoms with E-state index in [0.29, 0.717) is 3.72 Å². The summed E-state index contributed by atoms with van der Waals surface area (Å²) in [5.74, 6) is 0. The van der Waals surface area contributed by atoms with Crippen LogP contribution in [0.15, 0.2) is 22.7 Å². The van der Waals surface area contributed by atoms with Crippen molar-refractivity contribution in [2.45, 2.75) is 0 Å². The molecule has 0 spiro atoms. The molecule has 0 bridgehead atoms. The Kier molecular flexibility index (Phi) is 3.52. The van der Waals surface area contributed by atoms with Crippen molar-refractivity contribution in [3.8, 4) is 0 Å². The molecule has 0 aliphatic carbocycles. The molecule has 0 fully saturated rings. The van der Waals surface area contributed by atoms with Crippen molar-refractivity contribution in [1.82, 2.24) is 0 Å². The van der Waals surface area contributed by atoms with E-state index >= 15 is 0 Å². The summed E-state index contributed by atoms with van der Waals surface area (Å²) in [4.78, 5) is 0. The van der Waals surface area contributed by atoms with Gasteiger partial charge in [0.25, 0.3) is 0 Å². The predicted octanol–water partition coefficient (Wildman–Crippen LogP) is 3.25. The molecule has 0 aromatic heterocycles. The van der Waals surface area contributed by atoms with Crippen LogP contribution in [0.25, 0.3) is 0 Å². The lowest BCUT2D eigenvalue weighted by Gasteiger charge is -2.06. The normalized spacial score (nSPS) is 9.58. The van der Waals surface area contributed by atoms with E-state index in [4.69, 9.17) is 5.41 Å². The second kappa shape index (κ2) is 4.23. The smallest absolute Gasteiger partial charge is 0.101 e. The Labute approximate surface area is 93.5 Å². The minimum atomic E-state index is 0.546. The Morgan fingerprint density at radius 1 is 1.58 bits per heavy atom. The topological polar surface area (TPSA) is 35.9 Å². The molecule has 0 amide bonds. The molecule has 1 aromatic rings. The van der Waals surface area contributed by atoms with Crippen LogP contribution in [0, 0.1) is 5.41 Å². The zero-order valence-corrected chi connectivity index (χ0v) is 10.2. The van der Waals surface area contributed by atoms with Crippen LogP contribution in [0.5, 0.6) is 0 Å². The first-order valence-corrected chi connectivity index (χ1v) is 5.24. The monoisotopic (exact) mass is 338 g/mol. The third kappa shape index (κ3) is 2.20. The van der Waals surface area contributed by atoms with Gasteiger partial charge in [0.05, 0.1) is 0 Å². The molecule has 64 valence electrons. The molecule has 4 heteroatoms. The number of hydrogen-bond acceptors (Lipinski definition) is 2. The van der Waals surface area contributed by atoms with E-state index in [9.17, 15) is 0 Å². The van der Waals surface area contributed by atoms with Gasteiger partial charge in [0.15, 0.2) is 0 Å². The highest BCUT2D eigenvalue weighted by atomic mass is 127. The van der Waals surface area contributed by atoms with E-state index in [-0.39, 0.29) is 0 Å². The van der Waals surface area contributed by atoms with Gasteiger partial charge in [-0.25, -0.2) is 0 Å². The predicted molar refractivity (Wildman–Crippen MR) is 64.5 cm³/mol. The average Bonchev–Trinajstić information content (AvgIpc) is 2.03. The van der Waals surface area contributed by atoms with Gasteiger partial charge in [-0.3, -0.25) is 5.41 Å². The highest BCUT2D eigenvalue weighted by molar-refractivity contribution is 14.1. The van der Waals surface area contributed by atoms with Crippen LogP contribution < -0.4 is 5.32 Å². The molecule has 0 radical (unpaired) electrons. The fourth-order valence-electron chi connectivity index (χ4n) is 0.915. The molecule has 1 rings (SSSR count). The maximum atomic E-state index is 7.48. The fourth-order valence-corrected chi connectivity index (χ4v) is 1.75. The van der Waals surface area contributed by atoms with Crippen molar-refractivity contribution in [2.75, 3.05) is 12.4 Å². The van der Waals surface area contributed by atoms with E-state index in [1.807, 2.05) is 47.8 Å². The third-order valence-corrected chi connectivity index (χ3v) is 2.56. The van der Waals surface area contributed by atoms with Crippen molar-refractivity contribution >= 4 is 47.9 Å². The van der Waals surface area contributed by atoms with Crippen molar-refractivity contribution in [3.05, 3.63) is 28.2 Å². The summed E-state index contributed by atoms with van der Waals surface area (Å²) < 4.78 is 1.57. The van der Waals surface area contributed by atoms with Gasteiger partial charge < -0.3 is 5.32 Å². The summed E-state index contributed by atoms with van der Waals surface area (Å²) in [7, 11) is 1.85. The minimum Gasteiger partial charge on any atom is -0.388 e. The van der Waals surface area contributed by atoms with Gasteiger partial charge in [-0.05, 0) is 40.8 Å². The number of rotatable bonds is 2. The molecule has 0 saturated carbocycles. The zero-order valence-electron chi connectivity index (χ0n) is 6.49. The van der Waals surface area contributed by atoms with E-state index in [2.05, 4.69) is 21.2 Å². The van der Waals surface area contributed by atoms with Gasteiger partial charge in [-0.2, -0.15) is 0 Å². The number of anilines is 1. The molecule has 2 nitrogen and oxygen atoms in total. The first-order valence-electron chi connectivity index (χ1n) is 3.37. The summed E-state index contributed by atoms with van der Waals surface area (Å²) in [6.45, 7) is 0. The van der Waals surface area contributed by atoms with Gasteiger partial charge in [0.2, 0.25) is 0 Å². The van der Waals surface area contributed by atoms with Crippen LogP contribution in [0.1, 0.15) is 5.56 Å². The van der Waals surface area contributed by atoms with E-state index in [1.165, 1.54) is 0 Å². The van der Waals surface area contributed by atoms with Gasteiger partial charge in [-0.15, -0.1) is 0 Å². The lowest BCUT2D eigenvalue weighted by Crippen LogP contribution is -1.97. The summed E-state index contributed by atoms with van der Waals surface area (Å²) >= 11 is 5.37. The molecule has 0 aliphatic heterocycles. The molecule has 12 heavy (non-hydrogen) atoms. The molecular weight excluding hydrogens is 331 g/mol. The minimum absolute atomic E-state index is 0.546. The standard InChI is InChI=1S/C8H8BrIN2/c1-12-7-4-5(9)2-3-6(7)8(10)11/h2-4,11-12H,1H3. The van der Waals surface area contributed by atoms with Crippen LogP contribution in [-0.2, 0) is 0 Å². The zero-order chi connectivity index (χ0) is 9.14. The lowest BCUT2D eigenvalue weighted by atomic mass is 10.2. The SMILES string of the molecule is CNc1cc(Br)ccc1C(=N)I. The Hall–Kier alpha value is -0.100. The third-order valence-electron chi connectivity index (χ3n) is 1.49. The molecule has 0 aliphatic rings. The molecular formula is C8H8BrIN2. The van der Waals surface area contributed by atoms with Crippen molar-refractivity contribution in [2.24, 2.45) is 0 Å². The van der Waals surface area contributed by atoms with E-state index < -0.39 is 0 Å². The average molecular weight is 339 g/mol. The Bertz CT molecular complexity index is 312. The second-order valence-corrected chi connectivity index (χ2v) is 4.25. The first kappa shape index (κ1) is 9.98. The Morgan fingerprint density at radius 3 is 2.75 bits per heavy atom. The molecule has 1 aromatic carbocycles. The molecule has 0 unspecified atom stereocenters. The molecule has 2 N–H and O–H groups in total. The van der Waals surface area contributed by atoms with Crippen LogP contribution in [-0.4, -0.2) is 10.8 Å². The molecule has 0 atom stereocenters. The summed E-state index contributed by atoms with van der Waals surface area (Å²) in [6.07, 6.45) is 0. The maximum Gasteiger partial charge on any atom is 0.101 e. The number of benzene rings is 1. The van der Waals surface area contributed by atoms with Crippen LogP contribution in [0.4, 0.5) is 5.69 Å². The van der Waals surface area contributed by atoms with Crippen molar-refractivity contribution in [3.63, 3.8) is 0 Å². The highest BCUT2D eigenvalue weighted by Gasteiger charge is 2.03. The maximum absolute atomic E-state index is 7.48. The number of nitrogens with one attached hydrogen (secondary N) is 2. The Balaban J connectivity index is 3.20. The van der Waals surface area contributed by atoms with Crippen molar-refractivity contribution in [1.29, 1.82) is 5.41 Å². The number of hydrogen-bond donors (Lipinski definition) is 2. The summed E-state index contributed by atoms with van der Waals surface area (Å²) in [5, 5.41) is 10.5. The Morgan fingerprint density at radius 2 is 2.25 bits per heavy atom. The van der Waals surface area contributed by atoms with E-state index in [0.717, 1.165) is 15.7 Å². The van der Waals surface area contributed by atoms with E-state index in [1.54, 1.807) is 0 Å². The molecule has 0 heterocycles. The summed E-state index contributed by atoms with van der Waals surface area (Å²) in [5.41, 5.74) is 1.91. The van der Waals surface area contributed by atoms with Crippen LogP contribution >= 0.6 is 38.5 Å². The van der Waals surface area contributed by atoms with Gasteiger partial charge in [-0.1, -0.05) is 15.9 Å². The van der Waals surface area contributed by atoms with Gasteiger partial charge in [0, 0.05) is 22.8 Å². The lowest BCUT2D eigenvalue weighted by molar-refractivity contribution is 1.46. The first-order chi connectivity index (χ1) is 5.65. The van der Waals surface area contributed by atoms with Crippen LogP contribution in [0.3, 0.4) is 0 Å². The largest absolute Gasteiger partial charge is 0.388 e. The molecule has 0 saturated heterocycles. The van der Waals surface area contributed by atoms with Gasteiger partial charge in [0.1, 0.15) is 3.72 Å². The second-order valence-electron chi connectivity index (χ2n) is 2.25.